The third-order valence-corrected chi connectivity index (χ3v) is 6.55. The summed E-state index contributed by atoms with van der Waals surface area (Å²) in [6, 6.07) is 7.21. The Morgan fingerprint density at radius 2 is 2.20 bits per heavy atom. The molecule has 0 amide bonds. The second-order valence-corrected chi connectivity index (χ2v) is 7.92. The van der Waals surface area contributed by atoms with Crippen molar-refractivity contribution in [1.29, 1.82) is 0 Å². The fraction of sp³-hybridized carbons (Fsp3) is 0.600. The molecule has 0 spiro atoms. The number of hydrogen-bond acceptors (Lipinski definition) is 4. The lowest BCUT2D eigenvalue weighted by molar-refractivity contribution is -0.0429. The molecule has 0 saturated carbocycles. The fourth-order valence-electron chi connectivity index (χ4n) is 5.29. The van der Waals surface area contributed by atoms with Gasteiger partial charge in [-0.3, -0.25) is 0 Å². The van der Waals surface area contributed by atoms with Crippen LogP contribution in [0.25, 0.3) is 10.9 Å². The Labute approximate surface area is 147 Å². The molecule has 2 saturated heterocycles. The standard InChI is InChI=1S/C20H26N2O3/c1-21-7-3-5-13-14-4-2-6-15-20(14)12(8-16(13)21)10-22(15)19-9-17(24)18(11-23)25-19/h2,4,6,10,13,16-19,23-24H,3,5,7-9,11H2,1H3/t13-,16-,17+,18-,19-/m1/s1. The van der Waals surface area contributed by atoms with Gasteiger partial charge in [0.2, 0.25) is 0 Å². The molecular formula is C20H26N2O3. The first-order valence-corrected chi connectivity index (χ1v) is 9.44. The number of rotatable bonds is 2. The summed E-state index contributed by atoms with van der Waals surface area (Å²) in [4.78, 5) is 2.52. The topological polar surface area (TPSA) is 57.9 Å². The SMILES string of the molecule is CN1CCC[C@@H]2c3cccc4c3c(cn4[C@H]3C[C@H](O)[C@@H](CO)O3)C[C@H]21. The van der Waals surface area contributed by atoms with Gasteiger partial charge in [-0.1, -0.05) is 12.1 Å². The van der Waals surface area contributed by atoms with Crippen molar-refractivity contribution in [1.82, 2.24) is 9.47 Å². The number of ether oxygens (including phenoxy) is 1. The summed E-state index contributed by atoms with van der Waals surface area (Å²) in [5, 5.41) is 20.9. The van der Waals surface area contributed by atoms with Crippen LogP contribution in [0, 0.1) is 0 Å². The molecule has 3 heterocycles. The summed E-state index contributed by atoms with van der Waals surface area (Å²) >= 11 is 0. The average Bonchev–Trinajstić information content (AvgIpc) is 3.18. The lowest BCUT2D eigenvalue weighted by atomic mass is 9.75. The van der Waals surface area contributed by atoms with Crippen molar-refractivity contribution >= 4 is 10.9 Å². The van der Waals surface area contributed by atoms with E-state index in [9.17, 15) is 10.2 Å². The van der Waals surface area contributed by atoms with E-state index in [1.807, 2.05) is 0 Å². The van der Waals surface area contributed by atoms with Gasteiger partial charge in [0.05, 0.1) is 18.2 Å². The van der Waals surface area contributed by atoms with E-state index in [0.717, 1.165) is 6.42 Å². The number of fused-ring (bicyclic) bond motifs is 2. The summed E-state index contributed by atoms with van der Waals surface area (Å²) < 4.78 is 8.11. The van der Waals surface area contributed by atoms with Gasteiger partial charge in [0.15, 0.2) is 0 Å². The number of likely N-dealkylation sites (tertiary alicyclic amines) is 1. The van der Waals surface area contributed by atoms with Gasteiger partial charge < -0.3 is 24.4 Å². The normalized spacial score (nSPS) is 35.2. The van der Waals surface area contributed by atoms with Crippen molar-refractivity contribution in [2.24, 2.45) is 0 Å². The van der Waals surface area contributed by atoms with E-state index in [0.29, 0.717) is 18.4 Å². The molecule has 2 fully saturated rings. The predicted molar refractivity (Wildman–Crippen MR) is 95.7 cm³/mol. The summed E-state index contributed by atoms with van der Waals surface area (Å²) in [5.41, 5.74) is 4.08. The number of benzene rings is 1. The quantitative estimate of drug-likeness (QED) is 0.877. The molecule has 3 aliphatic rings. The van der Waals surface area contributed by atoms with Crippen LogP contribution < -0.4 is 0 Å². The summed E-state index contributed by atoms with van der Waals surface area (Å²) in [7, 11) is 2.25. The first-order valence-electron chi connectivity index (χ1n) is 9.44. The van der Waals surface area contributed by atoms with E-state index in [2.05, 4.69) is 40.9 Å². The maximum Gasteiger partial charge on any atom is 0.137 e. The molecule has 1 aromatic carbocycles. The Kier molecular flexibility index (Phi) is 3.68. The molecule has 0 unspecified atom stereocenters. The number of aliphatic hydroxyl groups excluding tert-OH is 2. The molecule has 2 aliphatic heterocycles. The van der Waals surface area contributed by atoms with Gasteiger partial charge in [-0.2, -0.15) is 0 Å². The third-order valence-electron chi connectivity index (χ3n) is 6.55. The van der Waals surface area contributed by atoms with Crippen molar-refractivity contribution in [2.45, 2.75) is 56.1 Å². The molecule has 134 valence electrons. The summed E-state index contributed by atoms with van der Waals surface area (Å²) in [6.07, 6.45) is 5.10. The number of nitrogens with zero attached hydrogens (tertiary/aromatic N) is 2. The van der Waals surface area contributed by atoms with Crippen molar-refractivity contribution < 1.29 is 14.9 Å². The van der Waals surface area contributed by atoms with E-state index in [-0.39, 0.29) is 12.8 Å². The molecule has 1 aliphatic carbocycles. The number of hydrogen-bond donors (Lipinski definition) is 2. The van der Waals surface area contributed by atoms with Crippen LogP contribution in [0.2, 0.25) is 0 Å². The third kappa shape index (κ3) is 2.30. The molecule has 0 bridgehead atoms. The highest BCUT2D eigenvalue weighted by Crippen LogP contribution is 2.45. The Morgan fingerprint density at radius 3 is 3.00 bits per heavy atom. The van der Waals surface area contributed by atoms with E-state index < -0.39 is 12.2 Å². The van der Waals surface area contributed by atoms with Crippen molar-refractivity contribution in [3.63, 3.8) is 0 Å². The fourth-order valence-corrected chi connectivity index (χ4v) is 5.29. The minimum absolute atomic E-state index is 0.135. The van der Waals surface area contributed by atoms with Crippen molar-refractivity contribution in [2.75, 3.05) is 20.2 Å². The Bertz CT molecular complexity index is 802. The molecule has 5 atom stereocenters. The van der Waals surface area contributed by atoms with Crippen LogP contribution in [0.15, 0.2) is 24.4 Å². The second-order valence-electron chi connectivity index (χ2n) is 7.92. The molecule has 5 heteroatoms. The zero-order chi connectivity index (χ0) is 17.1. The summed E-state index contributed by atoms with van der Waals surface area (Å²) in [6.45, 7) is 1.05. The molecule has 5 rings (SSSR count). The van der Waals surface area contributed by atoms with Crippen LogP contribution >= 0.6 is 0 Å². The van der Waals surface area contributed by atoms with Gasteiger partial charge >= 0.3 is 0 Å². The molecular weight excluding hydrogens is 316 g/mol. The predicted octanol–water partition coefficient (Wildman–Crippen LogP) is 2.02. The number of likely N-dealkylation sites (N-methyl/N-ethyl adjacent to an activating group) is 1. The number of aromatic nitrogens is 1. The van der Waals surface area contributed by atoms with E-state index >= 15 is 0 Å². The van der Waals surface area contributed by atoms with Gasteiger partial charge in [-0.05, 0) is 50.0 Å². The maximum absolute atomic E-state index is 10.1. The Morgan fingerprint density at radius 1 is 1.32 bits per heavy atom. The van der Waals surface area contributed by atoms with Crippen LogP contribution in [-0.2, 0) is 11.2 Å². The molecule has 25 heavy (non-hydrogen) atoms. The van der Waals surface area contributed by atoms with Crippen LogP contribution in [0.3, 0.4) is 0 Å². The van der Waals surface area contributed by atoms with Crippen molar-refractivity contribution in [3.8, 4) is 0 Å². The van der Waals surface area contributed by atoms with Gasteiger partial charge in [-0.25, -0.2) is 0 Å². The highest BCUT2D eigenvalue weighted by molar-refractivity contribution is 5.89. The second kappa shape index (κ2) is 5.81. The van der Waals surface area contributed by atoms with E-state index in [4.69, 9.17) is 4.74 Å². The molecule has 1 aromatic heterocycles. The zero-order valence-electron chi connectivity index (χ0n) is 14.6. The first-order chi connectivity index (χ1) is 12.2. The minimum Gasteiger partial charge on any atom is -0.394 e. The summed E-state index contributed by atoms with van der Waals surface area (Å²) in [5.74, 6) is 0.617. The molecule has 2 aromatic rings. The highest BCUT2D eigenvalue weighted by Gasteiger charge is 2.39. The lowest BCUT2D eigenvalue weighted by Gasteiger charge is -2.42. The number of aliphatic hydroxyl groups is 2. The molecule has 5 nitrogen and oxygen atoms in total. The van der Waals surface area contributed by atoms with Gasteiger partial charge in [0.25, 0.3) is 0 Å². The van der Waals surface area contributed by atoms with Crippen LogP contribution in [0.4, 0.5) is 0 Å². The molecule has 0 radical (unpaired) electrons. The largest absolute Gasteiger partial charge is 0.394 e. The van der Waals surface area contributed by atoms with E-state index in [1.165, 1.54) is 41.4 Å². The average molecular weight is 342 g/mol. The van der Waals surface area contributed by atoms with Crippen LogP contribution in [0.1, 0.15) is 42.5 Å². The van der Waals surface area contributed by atoms with E-state index in [1.54, 1.807) is 0 Å². The Balaban J connectivity index is 1.60. The van der Waals surface area contributed by atoms with Crippen LogP contribution in [0.5, 0.6) is 0 Å². The van der Waals surface area contributed by atoms with Gasteiger partial charge in [0.1, 0.15) is 12.3 Å². The Hall–Kier alpha value is -1.40. The smallest absolute Gasteiger partial charge is 0.137 e. The van der Waals surface area contributed by atoms with Gasteiger partial charge in [-0.15, -0.1) is 0 Å². The monoisotopic (exact) mass is 342 g/mol. The van der Waals surface area contributed by atoms with Gasteiger partial charge in [0, 0.05) is 30.0 Å². The molecule has 2 N–H and O–H groups in total. The maximum atomic E-state index is 10.1. The van der Waals surface area contributed by atoms with Crippen molar-refractivity contribution in [3.05, 3.63) is 35.5 Å². The zero-order valence-corrected chi connectivity index (χ0v) is 14.6. The minimum atomic E-state index is -0.599. The highest BCUT2D eigenvalue weighted by atomic mass is 16.5. The lowest BCUT2D eigenvalue weighted by Crippen LogP contribution is -2.44. The first kappa shape index (κ1) is 15.8. The number of piperidine rings is 1. The van der Waals surface area contributed by atoms with Crippen LogP contribution in [-0.4, -0.2) is 58.1 Å².